The van der Waals surface area contributed by atoms with Crippen molar-refractivity contribution < 1.29 is 4.74 Å². The standard InChI is InChI=1S/C12H20ClN3O2/c1-3-15(4-2)11-9-12(17)16(14-10-11)6-8-18-7-5-13/h9-10H,3-8H2,1-2H3. The normalized spacial score (nSPS) is 10.6. The van der Waals surface area contributed by atoms with Gasteiger partial charge in [0, 0.05) is 25.0 Å². The molecule has 0 unspecified atom stereocenters. The van der Waals surface area contributed by atoms with E-state index >= 15 is 0 Å². The van der Waals surface area contributed by atoms with Gasteiger partial charge in [0.1, 0.15) is 0 Å². The lowest BCUT2D eigenvalue weighted by Gasteiger charge is -2.20. The topological polar surface area (TPSA) is 47.4 Å². The quantitative estimate of drug-likeness (QED) is 0.530. The van der Waals surface area contributed by atoms with Gasteiger partial charge in [0.05, 0.1) is 31.6 Å². The zero-order valence-electron chi connectivity index (χ0n) is 10.9. The number of alkyl halides is 1. The van der Waals surface area contributed by atoms with Gasteiger partial charge in [0.15, 0.2) is 0 Å². The van der Waals surface area contributed by atoms with Crippen molar-refractivity contribution in [1.82, 2.24) is 9.78 Å². The van der Waals surface area contributed by atoms with Crippen LogP contribution in [0.4, 0.5) is 5.69 Å². The Labute approximate surface area is 112 Å². The highest BCUT2D eigenvalue weighted by atomic mass is 35.5. The number of ether oxygens (including phenoxy) is 1. The fraction of sp³-hybridized carbons (Fsp3) is 0.667. The van der Waals surface area contributed by atoms with Crippen LogP contribution in [0, 0.1) is 0 Å². The van der Waals surface area contributed by atoms with Gasteiger partial charge in [-0.1, -0.05) is 0 Å². The summed E-state index contributed by atoms with van der Waals surface area (Å²) < 4.78 is 6.62. The summed E-state index contributed by atoms with van der Waals surface area (Å²) in [5.41, 5.74) is 0.761. The Morgan fingerprint density at radius 2 is 2.11 bits per heavy atom. The molecule has 5 nitrogen and oxygen atoms in total. The molecule has 0 bridgehead atoms. The molecule has 18 heavy (non-hydrogen) atoms. The average molecular weight is 274 g/mol. The van der Waals surface area contributed by atoms with Crippen molar-refractivity contribution in [2.75, 3.05) is 37.1 Å². The first-order valence-electron chi connectivity index (χ1n) is 6.18. The molecule has 1 heterocycles. The number of halogens is 1. The molecule has 0 N–H and O–H groups in total. The summed E-state index contributed by atoms with van der Waals surface area (Å²) in [5, 5.41) is 4.14. The fourth-order valence-electron chi connectivity index (χ4n) is 1.66. The molecule has 6 heteroatoms. The minimum Gasteiger partial charge on any atom is -0.378 e. The van der Waals surface area contributed by atoms with E-state index in [-0.39, 0.29) is 5.56 Å². The second kappa shape index (κ2) is 8.11. The number of hydrogen-bond donors (Lipinski definition) is 0. The summed E-state index contributed by atoms with van der Waals surface area (Å²) in [6.45, 7) is 7.22. The Balaban J connectivity index is 2.65. The second-order valence-electron chi connectivity index (χ2n) is 3.75. The van der Waals surface area contributed by atoms with Gasteiger partial charge < -0.3 is 9.64 Å². The summed E-state index contributed by atoms with van der Waals surface area (Å²) in [6.07, 6.45) is 1.72. The highest BCUT2D eigenvalue weighted by Gasteiger charge is 2.05. The maximum atomic E-state index is 11.8. The van der Waals surface area contributed by atoms with Crippen molar-refractivity contribution >= 4 is 17.3 Å². The van der Waals surface area contributed by atoms with E-state index in [9.17, 15) is 4.79 Å². The minimum absolute atomic E-state index is 0.103. The molecule has 0 saturated carbocycles. The van der Waals surface area contributed by atoms with Gasteiger partial charge in [-0.2, -0.15) is 5.10 Å². The maximum Gasteiger partial charge on any atom is 0.268 e. The monoisotopic (exact) mass is 273 g/mol. The summed E-state index contributed by atoms with van der Waals surface area (Å²) in [6, 6.07) is 1.61. The fourth-order valence-corrected chi connectivity index (χ4v) is 1.77. The van der Waals surface area contributed by atoms with E-state index in [4.69, 9.17) is 16.3 Å². The van der Waals surface area contributed by atoms with Crippen LogP contribution >= 0.6 is 11.6 Å². The lowest BCUT2D eigenvalue weighted by Crippen LogP contribution is -2.28. The Bertz CT molecular complexity index is 405. The van der Waals surface area contributed by atoms with Crippen LogP contribution in [-0.4, -0.2) is 42.0 Å². The van der Waals surface area contributed by atoms with Crippen LogP contribution in [0.15, 0.2) is 17.1 Å². The van der Waals surface area contributed by atoms with Gasteiger partial charge in [0.25, 0.3) is 5.56 Å². The van der Waals surface area contributed by atoms with Gasteiger partial charge in [-0.15, -0.1) is 11.6 Å². The highest BCUT2D eigenvalue weighted by molar-refractivity contribution is 6.17. The van der Waals surface area contributed by atoms with Gasteiger partial charge in [-0.25, -0.2) is 4.68 Å². The van der Waals surface area contributed by atoms with Gasteiger partial charge in [-0.05, 0) is 13.8 Å². The molecule has 0 radical (unpaired) electrons. The molecule has 0 atom stereocenters. The van der Waals surface area contributed by atoms with Crippen LogP contribution in [-0.2, 0) is 11.3 Å². The van der Waals surface area contributed by atoms with Crippen molar-refractivity contribution in [3.8, 4) is 0 Å². The Morgan fingerprint density at radius 1 is 1.39 bits per heavy atom. The van der Waals surface area contributed by atoms with Crippen LogP contribution in [0.5, 0.6) is 0 Å². The van der Waals surface area contributed by atoms with Crippen LogP contribution in [0.2, 0.25) is 0 Å². The molecule has 0 aliphatic heterocycles. The molecular weight excluding hydrogens is 254 g/mol. The van der Waals surface area contributed by atoms with E-state index in [1.54, 1.807) is 12.3 Å². The lowest BCUT2D eigenvalue weighted by atomic mass is 10.4. The van der Waals surface area contributed by atoms with Crippen molar-refractivity contribution in [2.45, 2.75) is 20.4 Å². The number of hydrogen-bond acceptors (Lipinski definition) is 4. The smallest absolute Gasteiger partial charge is 0.268 e. The first kappa shape index (κ1) is 15.0. The minimum atomic E-state index is -0.103. The third-order valence-electron chi connectivity index (χ3n) is 2.65. The third-order valence-corrected chi connectivity index (χ3v) is 2.81. The van der Waals surface area contributed by atoms with E-state index in [0.29, 0.717) is 25.6 Å². The average Bonchev–Trinajstić information content (AvgIpc) is 2.38. The zero-order chi connectivity index (χ0) is 13.4. The molecule has 0 aliphatic carbocycles. The number of anilines is 1. The van der Waals surface area contributed by atoms with E-state index in [2.05, 4.69) is 23.8 Å². The van der Waals surface area contributed by atoms with Crippen molar-refractivity contribution in [2.24, 2.45) is 0 Å². The summed E-state index contributed by atoms with van der Waals surface area (Å²) >= 11 is 5.49. The van der Waals surface area contributed by atoms with Crippen molar-refractivity contribution in [3.63, 3.8) is 0 Å². The van der Waals surface area contributed by atoms with Crippen LogP contribution in [0.3, 0.4) is 0 Å². The molecule has 1 aromatic heterocycles. The SMILES string of the molecule is CCN(CC)c1cnn(CCOCCCl)c(=O)c1. The van der Waals surface area contributed by atoms with Gasteiger partial charge in [-0.3, -0.25) is 4.79 Å². The Kier molecular flexibility index (Phi) is 6.75. The molecule has 0 spiro atoms. The van der Waals surface area contributed by atoms with Crippen LogP contribution in [0.1, 0.15) is 13.8 Å². The molecule has 1 aromatic rings. The second-order valence-corrected chi connectivity index (χ2v) is 4.13. The molecule has 0 fully saturated rings. The summed E-state index contributed by atoms with van der Waals surface area (Å²) in [7, 11) is 0. The van der Waals surface area contributed by atoms with E-state index in [0.717, 1.165) is 18.8 Å². The third kappa shape index (κ3) is 4.31. The van der Waals surface area contributed by atoms with E-state index in [1.165, 1.54) is 4.68 Å². The van der Waals surface area contributed by atoms with Crippen LogP contribution in [0.25, 0.3) is 0 Å². The lowest BCUT2D eigenvalue weighted by molar-refractivity contribution is 0.136. The van der Waals surface area contributed by atoms with Gasteiger partial charge in [0.2, 0.25) is 0 Å². The summed E-state index contributed by atoms with van der Waals surface area (Å²) in [5.74, 6) is 0.462. The largest absolute Gasteiger partial charge is 0.378 e. The number of nitrogens with zero attached hydrogens (tertiary/aromatic N) is 3. The van der Waals surface area contributed by atoms with E-state index < -0.39 is 0 Å². The molecule has 1 rings (SSSR count). The Morgan fingerprint density at radius 3 is 2.67 bits per heavy atom. The predicted molar refractivity (Wildman–Crippen MR) is 73.6 cm³/mol. The molecule has 0 amide bonds. The van der Waals surface area contributed by atoms with Gasteiger partial charge >= 0.3 is 0 Å². The molecule has 0 aliphatic rings. The number of rotatable bonds is 8. The first-order valence-corrected chi connectivity index (χ1v) is 6.72. The first-order chi connectivity index (χ1) is 8.72. The Hall–Kier alpha value is -1.07. The molecular formula is C12H20ClN3O2. The van der Waals surface area contributed by atoms with E-state index in [1.807, 2.05) is 0 Å². The highest BCUT2D eigenvalue weighted by Crippen LogP contribution is 2.07. The van der Waals surface area contributed by atoms with Crippen LogP contribution < -0.4 is 10.5 Å². The van der Waals surface area contributed by atoms with Crippen molar-refractivity contribution in [3.05, 3.63) is 22.6 Å². The molecule has 0 aromatic carbocycles. The van der Waals surface area contributed by atoms with Crippen molar-refractivity contribution in [1.29, 1.82) is 0 Å². The summed E-state index contributed by atoms with van der Waals surface area (Å²) in [4.78, 5) is 13.9. The maximum absolute atomic E-state index is 11.8. The molecule has 0 saturated heterocycles. The predicted octanol–water partition coefficient (Wildman–Crippen LogP) is 1.34. The number of aromatic nitrogens is 2. The zero-order valence-corrected chi connectivity index (χ0v) is 11.7. The molecule has 102 valence electrons.